The molecule has 0 radical (unpaired) electrons. The highest BCUT2D eigenvalue weighted by atomic mass is 32.2. The smallest absolute Gasteiger partial charge is 0.493 e. The Morgan fingerprint density at radius 1 is 0.919 bits per heavy atom. The molecule has 37 heavy (non-hydrogen) atoms. The Kier molecular flexibility index (Phi) is 8.62. The number of halogens is 3. The fraction of sp³-hybridized carbons (Fsp3) is 0.400. The summed E-state index contributed by atoms with van der Waals surface area (Å²) >= 11 is 0. The minimum Gasteiger partial charge on any atom is -0.493 e. The number of hydrogen-bond donors (Lipinski definition) is 0. The first-order valence-electron chi connectivity index (χ1n) is 11.3. The third-order valence-corrected chi connectivity index (χ3v) is 6.15. The lowest BCUT2D eigenvalue weighted by Crippen LogP contribution is -2.28. The Hall–Kier alpha value is -3.41. The molecular formula is C25H28F3NO7S. The van der Waals surface area contributed by atoms with Crippen LogP contribution in [0.3, 0.4) is 0 Å². The summed E-state index contributed by atoms with van der Waals surface area (Å²) in [6.45, 7) is 6.15. The molecule has 0 N–H and O–H groups in total. The van der Waals surface area contributed by atoms with Crippen LogP contribution in [0.15, 0.2) is 36.7 Å². The number of fused-ring (bicyclic) bond motifs is 1. The van der Waals surface area contributed by atoms with Crippen LogP contribution in [-0.4, -0.2) is 46.3 Å². The molecule has 1 heterocycles. The Morgan fingerprint density at radius 2 is 1.57 bits per heavy atom. The molecule has 2 aromatic carbocycles. The van der Waals surface area contributed by atoms with Crippen LogP contribution < -0.4 is 23.1 Å². The number of methoxy groups -OCH3 is 2. The molecule has 0 aliphatic heterocycles. The molecule has 8 nitrogen and oxygen atoms in total. The molecule has 0 unspecified atom stereocenters. The van der Waals surface area contributed by atoms with Crippen LogP contribution in [0.5, 0.6) is 28.7 Å². The van der Waals surface area contributed by atoms with E-state index in [1.807, 2.05) is 13.8 Å². The van der Waals surface area contributed by atoms with E-state index in [1.54, 1.807) is 25.1 Å². The van der Waals surface area contributed by atoms with Gasteiger partial charge in [0, 0.05) is 17.8 Å². The summed E-state index contributed by atoms with van der Waals surface area (Å²) in [7, 11) is -2.94. The molecule has 202 valence electrons. The van der Waals surface area contributed by atoms with Crippen molar-refractivity contribution in [3.8, 4) is 28.7 Å². The van der Waals surface area contributed by atoms with E-state index in [-0.39, 0.29) is 30.1 Å². The number of nitrogens with zero attached hydrogens (tertiary/aromatic N) is 1. The van der Waals surface area contributed by atoms with Crippen molar-refractivity contribution in [3.63, 3.8) is 0 Å². The van der Waals surface area contributed by atoms with Gasteiger partial charge in [0.2, 0.25) is 5.75 Å². The van der Waals surface area contributed by atoms with Gasteiger partial charge in [-0.1, -0.05) is 19.9 Å². The van der Waals surface area contributed by atoms with E-state index in [2.05, 4.69) is 9.17 Å². The average Bonchev–Trinajstić information content (AvgIpc) is 2.83. The summed E-state index contributed by atoms with van der Waals surface area (Å²) in [5.74, 6) is 0.877. The van der Waals surface area contributed by atoms with Gasteiger partial charge >= 0.3 is 15.6 Å². The third kappa shape index (κ3) is 6.30. The Labute approximate surface area is 213 Å². The standard InChI is InChI=1S/C25H28F3NO7S/c1-6-34-20-8-7-18-17(12-29-13-19(18)23(20)36-37(30,31)25(26,27)28)9-16-10-21(32-4)24(22(11-16)33-5)35-14-15(2)3/h7-8,10-13,15H,6,9,14H2,1-5H3. The van der Waals surface area contributed by atoms with Gasteiger partial charge in [0.1, 0.15) is 0 Å². The zero-order chi connectivity index (χ0) is 27.4. The molecule has 0 fully saturated rings. The molecule has 3 rings (SSSR count). The van der Waals surface area contributed by atoms with Crippen molar-refractivity contribution in [2.75, 3.05) is 27.4 Å². The second-order valence-corrected chi connectivity index (χ2v) is 9.95. The van der Waals surface area contributed by atoms with E-state index in [4.69, 9.17) is 18.9 Å². The molecule has 0 bridgehead atoms. The molecule has 0 aliphatic rings. The summed E-state index contributed by atoms with van der Waals surface area (Å²) in [6.07, 6.45) is 3.03. The predicted octanol–water partition coefficient (Wildman–Crippen LogP) is 5.50. The second-order valence-electron chi connectivity index (χ2n) is 8.41. The van der Waals surface area contributed by atoms with Gasteiger partial charge in [0.15, 0.2) is 23.0 Å². The van der Waals surface area contributed by atoms with Crippen LogP contribution in [0.25, 0.3) is 10.8 Å². The van der Waals surface area contributed by atoms with Crippen LogP contribution in [0.2, 0.25) is 0 Å². The Bertz CT molecular complexity index is 1330. The summed E-state index contributed by atoms with van der Waals surface area (Å²) in [4.78, 5) is 4.12. The van der Waals surface area contributed by atoms with Crippen molar-refractivity contribution >= 4 is 20.9 Å². The van der Waals surface area contributed by atoms with E-state index in [1.165, 1.54) is 32.7 Å². The van der Waals surface area contributed by atoms with E-state index < -0.39 is 21.4 Å². The van der Waals surface area contributed by atoms with Gasteiger partial charge in [-0.05, 0) is 54.0 Å². The van der Waals surface area contributed by atoms with Crippen LogP contribution in [0.4, 0.5) is 13.2 Å². The maximum absolute atomic E-state index is 13.1. The quantitative estimate of drug-likeness (QED) is 0.231. The van der Waals surface area contributed by atoms with Crippen molar-refractivity contribution in [1.82, 2.24) is 4.98 Å². The van der Waals surface area contributed by atoms with Crippen molar-refractivity contribution in [3.05, 3.63) is 47.8 Å². The minimum absolute atomic E-state index is 0.0482. The Balaban J connectivity index is 2.10. The lowest BCUT2D eigenvalue weighted by atomic mass is 9.99. The number of alkyl halides is 3. The number of aromatic nitrogens is 1. The van der Waals surface area contributed by atoms with Crippen LogP contribution >= 0.6 is 0 Å². The SMILES string of the molecule is CCOc1ccc2c(Cc3cc(OC)c(OCC(C)C)c(OC)c3)cncc2c1OS(=O)(=O)C(F)(F)F. The first kappa shape index (κ1) is 28.2. The van der Waals surface area contributed by atoms with Gasteiger partial charge in [-0.3, -0.25) is 4.98 Å². The van der Waals surface area contributed by atoms with Gasteiger partial charge in [-0.2, -0.15) is 21.6 Å². The van der Waals surface area contributed by atoms with E-state index in [0.717, 1.165) is 5.56 Å². The molecule has 0 aliphatic carbocycles. The summed E-state index contributed by atoms with van der Waals surface area (Å²) < 4.78 is 89.6. The van der Waals surface area contributed by atoms with Gasteiger partial charge in [0.25, 0.3) is 0 Å². The summed E-state index contributed by atoms with van der Waals surface area (Å²) in [6, 6.07) is 6.49. The van der Waals surface area contributed by atoms with Crippen LogP contribution in [0.1, 0.15) is 31.9 Å². The van der Waals surface area contributed by atoms with Gasteiger partial charge in [-0.15, -0.1) is 0 Å². The number of pyridine rings is 1. The highest BCUT2D eigenvalue weighted by molar-refractivity contribution is 7.88. The molecule has 0 saturated heterocycles. The number of hydrogen-bond acceptors (Lipinski definition) is 8. The maximum Gasteiger partial charge on any atom is 0.534 e. The van der Waals surface area contributed by atoms with E-state index in [0.29, 0.717) is 34.8 Å². The molecule has 0 spiro atoms. The number of benzene rings is 2. The number of rotatable bonds is 11. The molecule has 0 saturated carbocycles. The number of ether oxygens (including phenoxy) is 4. The van der Waals surface area contributed by atoms with Crippen molar-refractivity contribution in [2.24, 2.45) is 5.92 Å². The molecule has 0 atom stereocenters. The molecule has 12 heteroatoms. The fourth-order valence-corrected chi connectivity index (χ4v) is 4.05. The predicted molar refractivity (Wildman–Crippen MR) is 131 cm³/mol. The topological polar surface area (TPSA) is 93.2 Å². The van der Waals surface area contributed by atoms with Crippen molar-refractivity contribution < 1.29 is 44.7 Å². The zero-order valence-corrected chi connectivity index (χ0v) is 21.8. The van der Waals surface area contributed by atoms with Gasteiger partial charge in [0.05, 0.1) is 27.4 Å². The fourth-order valence-electron chi connectivity index (χ4n) is 3.56. The van der Waals surface area contributed by atoms with Crippen molar-refractivity contribution in [2.45, 2.75) is 32.7 Å². The Morgan fingerprint density at radius 3 is 2.11 bits per heavy atom. The van der Waals surface area contributed by atoms with E-state index in [9.17, 15) is 21.6 Å². The lowest BCUT2D eigenvalue weighted by molar-refractivity contribution is -0.0500. The molecule has 3 aromatic rings. The lowest BCUT2D eigenvalue weighted by Gasteiger charge is -2.18. The first-order chi connectivity index (χ1) is 17.4. The van der Waals surface area contributed by atoms with Crippen molar-refractivity contribution in [1.29, 1.82) is 0 Å². The average molecular weight is 544 g/mol. The summed E-state index contributed by atoms with van der Waals surface area (Å²) in [5.41, 5.74) is -4.29. The van der Waals surface area contributed by atoms with Crippen LogP contribution in [-0.2, 0) is 16.5 Å². The normalized spacial score (nSPS) is 12.0. The first-order valence-corrected chi connectivity index (χ1v) is 12.7. The second kappa shape index (κ2) is 11.3. The van der Waals surface area contributed by atoms with Gasteiger partial charge < -0.3 is 23.1 Å². The summed E-state index contributed by atoms with van der Waals surface area (Å²) in [5, 5.41) is 0.482. The molecular weight excluding hydrogens is 515 g/mol. The zero-order valence-electron chi connectivity index (χ0n) is 21.0. The monoisotopic (exact) mass is 543 g/mol. The highest BCUT2D eigenvalue weighted by Gasteiger charge is 2.49. The van der Waals surface area contributed by atoms with E-state index >= 15 is 0 Å². The highest BCUT2D eigenvalue weighted by Crippen LogP contribution is 2.42. The molecule has 0 amide bonds. The largest absolute Gasteiger partial charge is 0.534 e. The third-order valence-electron chi connectivity index (χ3n) is 5.19. The molecule has 1 aromatic heterocycles. The maximum atomic E-state index is 13.1. The minimum atomic E-state index is -5.94. The van der Waals surface area contributed by atoms with Crippen LogP contribution in [0, 0.1) is 5.92 Å². The van der Waals surface area contributed by atoms with Gasteiger partial charge in [-0.25, -0.2) is 0 Å².